The van der Waals surface area contributed by atoms with Gasteiger partial charge in [0.1, 0.15) is 5.82 Å². The van der Waals surface area contributed by atoms with Gasteiger partial charge in [0, 0.05) is 43.7 Å². The van der Waals surface area contributed by atoms with E-state index in [4.69, 9.17) is 0 Å². The summed E-state index contributed by atoms with van der Waals surface area (Å²) in [6.07, 6.45) is 4.57. The van der Waals surface area contributed by atoms with Crippen molar-refractivity contribution in [3.05, 3.63) is 58.6 Å². The van der Waals surface area contributed by atoms with Crippen LogP contribution in [0.1, 0.15) is 36.0 Å². The van der Waals surface area contributed by atoms with Gasteiger partial charge in [0.2, 0.25) is 5.91 Å². The van der Waals surface area contributed by atoms with Gasteiger partial charge in [-0.3, -0.25) is 14.4 Å². The van der Waals surface area contributed by atoms with Crippen molar-refractivity contribution >= 4 is 17.5 Å². The number of H-pyrrole nitrogens is 1. The van der Waals surface area contributed by atoms with Crippen molar-refractivity contribution in [2.24, 2.45) is 11.8 Å². The highest BCUT2D eigenvalue weighted by molar-refractivity contribution is 5.98. The van der Waals surface area contributed by atoms with Gasteiger partial charge in [-0.25, -0.2) is 4.98 Å². The smallest absolute Gasteiger partial charge is 0.252 e. The Morgan fingerprint density at radius 3 is 2.48 bits per heavy atom. The molecule has 1 unspecified atom stereocenters. The number of carbonyl (C=O) groups is 2. The number of aromatic nitrogens is 2. The van der Waals surface area contributed by atoms with Gasteiger partial charge in [0.05, 0.1) is 12.2 Å². The molecule has 2 fully saturated rings. The number of ketones is 1. The summed E-state index contributed by atoms with van der Waals surface area (Å²) < 4.78 is 0. The average Bonchev–Trinajstić information content (AvgIpc) is 2.79. The zero-order valence-electron chi connectivity index (χ0n) is 16.4. The van der Waals surface area contributed by atoms with Gasteiger partial charge in [0.15, 0.2) is 5.78 Å². The number of carbonyl (C=O) groups excluding carboxylic acids is 2. The summed E-state index contributed by atoms with van der Waals surface area (Å²) in [6.45, 7) is 2.63. The van der Waals surface area contributed by atoms with Crippen molar-refractivity contribution in [3.63, 3.8) is 0 Å². The van der Waals surface area contributed by atoms with Crippen molar-refractivity contribution < 1.29 is 9.59 Å². The normalized spacial score (nSPS) is 20.5. The third kappa shape index (κ3) is 4.39. The molecule has 2 aliphatic rings. The second-order valence-electron chi connectivity index (χ2n) is 7.88. The third-order valence-electron chi connectivity index (χ3n) is 5.99. The van der Waals surface area contributed by atoms with Crippen LogP contribution in [0.25, 0.3) is 0 Å². The monoisotopic (exact) mass is 394 g/mol. The van der Waals surface area contributed by atoms with Crippen molar-refractivity contribution in [1.29, 1.82) is 0 Å². The Bertz CT molecular complexity index is 919. The van der Waals surface area contributed by atoms with E-state index in [-0.39, 0.29) is 29.1 Å². The maximum absolute atomic E-state index is 13.1. The van der Waals surface area contributed by atoms with E-state index in [1.54, 1.807) is 0 Å². The summed E-state index contributed by atoms with van der Waals surface area (Å²) in [5.74, 6) is 0.862. The number of hydrogen-bond acceptors (Lipinski definition) is 5. The lowest BCUT2D eigenvalue weighted by Gasteiger charge is -2.38. The summed E-state index contributed by atoms with van der Waals surface area (Å²) in [5.41, 5.74) is 0.569. The Morgan fingerprint density at radius 1 is 1.00 bits per heavy atom. The number of amides is 1. The van der Waals surface area contributed by atoms with Crippen LogP contribution < -0.4 is 10.5 Å². The Hall–Kier alpha value is -2.96. The summed E-state index contributed by atoms with van der Waals surface area (Å²) in [5, 5.41) is 0. The minimum Gasteiger partial charge on any atom is -0.356 e. The van der Waals surface area contributed by atoms with Gasteiger partial charge < -0.3 is 14.8 Å². The number of anilines is 1. The molecule has 7 nitrogen and oxygen atoms in total. The number of hydrogen-bond donors (Lipinski definition) is 1. The first kappa shape index (κ1) is 19.4. The lowest BCUT2D eigenvalue weighted by Crippen LogP contribution is -2.48. The van der Waals surface area contributed by atoms with E-state index in [1.807, 2.05) is 40.1 Å². The predicted molar refractivity (Wildman–Crippen MR) is 110 cm³/mol. The minimum absolute atomic E-state index is 0.00968. The van der Waals surface area contributed by atoms with Crippen LogP contribution in [0.3, 0.4) is 0 Å². The molecular formula is C22H26N4O3. The number of nitrogens with one attached hydrogen (secondary N) is 1. The topological polar surface area (TPSA) is 86.4 Å². The molecule has 29 heavy (non-hydrogen) atoms. The SMILES string of the molecule is O=C(c1ccccc1)C1CCN(C(=O)C2CCCN(c3cc(=O)[nH]cn3)C2)CC1. The largest absolute Gasteiger partial charge is 0.356 e. The Labute approximate surface area is 169 Å². The fourth-order valence-corrected chi connectivity index (χ4v) is 4.38. The molecule has 2 aliphatic heterocycles. The van der Waals surface area contributed by atoms with E-state index < -0.39 is 0 Å². The average molecular weight is 394 g/mol. The Morgan fingerprint density at radius 2 is 1.76 bits per heavy atom. The van der Waals surface area contributed by atoms with Crippen molar-refractivity contribution in [1.82, 2.24) is 14.9 Å². The maximum atomic E-state index is 13.1. The van der Waals surface area contributed by atoms with Gasteiger partial charge in [0.25, 0.3) is 5.56 Å². The highest BCUT2D eigenvalue weighted by Gasteiger charge is 2.33. The molecule has 4 rings (SSSR count). The maximum Gasteiger partial charge on any atom is 0.252 e. The first-order valence-electron chi connectivity index (χ1n) is 10.3. The molecular weight excluding hydrogens is 368 g/mol. The first-order valence-corrected chi connectivity index (χ1v) is 10.3. The summed E-state index contributed by atoms with van der Waals surface area (Å²) in [4.78, 5) is 48.0. The van der Waals surface area contributed by atoms with E-state index in [1.165, 1.54) is 12.4 Å². The summed E-state index contributed by atoms with van der Waals surface area (Å²) in [6, 6.07) is 10.9. The van der Waals surface area contributed by atoms with Crippen molar-refractivity contribution in [2.45, 2.75) is 25.7 Å². The molecule has 2 aromatic rings. The number of aromatic amines is 1. The molecule has 1 atom stereocenters. The second-order valence-corrected chi connectivity index (χ2v) is 7.88. The highest BCUT2D eigenvalue weighted by Crippen LogP contribution is 2.26. The second kappa shape index (κ2) is 8.59. The lowest BCUT2D eigenvalue weighted by molar-refractivity contribution is -0.137. The number of piperidine rings is 2. The Kier molecular flexibility index (Phi) is 5.74. The summed E-state index contributed by atoms with van der Waals surface area (Å²) >= 11 is 0. The van der Waals surface area contributed by atoms with Crippen LogP contribution in [0.15, 0.2) is 47.5 Å². The molecule has 3 heterocycles. The molecule has 152 valence electrons. The fraction of sp³-hybridized carbons (Fsp3) is 0.455. The molecule has 1 aromatic heterocycles. The van der Waals surface area contributed by atoms with Crippen LogP contribution in [0.2, 0.25) is 0 Å². The van der Waals surface area contributed by atoms with E-state index in [0.29, 0.717) is 38.3 Å². The van der Waals surface area contributed by atoms with E-state index in [9.17, 15) is 14.4 Å². The predicted octanol–water partition coefficient (Wildman–Crippen LogP) is 2.11. The van der Waals surface area contributed by atoms with E-state index in [2.05, 4.69) is 9.97 Å². The number of nitrogens with zero attached hydrogens (tertiary/aromatic N) is 3. The highest BCUT2D eigenvalue weighted by atomic mass is 16.2. The van der Waals surface area contributed by atoms with E-state index in [0.717, 1.165) is 24.9 Å². The van der Waals surface area contributed by atoms with Crippen molar-refractivity contribution in [2.75, 3.05) is 31.1 Å². The van der Waals surface area contributed by atoms with Crippen LogP contribution in [0.5, 0.6) is 0 Å². The van der Waals surface area contributed by atoms with Crippen LogP contribution in [0, 0.1) is 11.8 Å². The fourth-order valence-electron chi connectivity index (χ4n) is 4.38. The number of Topliss-reactive ketones (excluding diaryl/α,β-unsaturated/α-hetero) is 1. The van der Waals surface area contributed by atoms with Crippen LogP contribution in [0.4, 0.5) is 5.82 Å². The third-order valence-corrected chi connectivity index (χ3v) is 5.99. The van der Waals surface area contributed by atoms with E-state index >= 15 is 0 Å². The van der Waals surface area contributed by atoms with Crippen molar-refractivity contribution in [3.8, 4) is 0 Å². The van der Waals surface area contributed by atoms with Crippen LogP contribution in [-0.2, 0) is 4.79 Å². The minimum atomic E-state index is -0.186. The molecule has 0 saturated carbocycles. The Balaban J connectivity index is 1.34. The van der Waals surface area contributed by atoms with Gasteiger partial charge in [-0.2, -0.15) is 0 Å². The zero-order chi connectivity index (χ0) is 20.2. The standard InChI is InChI=1S/C22H26N4O3/c27-20-13-19(23-15-24-20)26-10-4-7-18(14-26)22(29)25-11-8-17(9-12-25)21(28)16-5-2-1-3-6-16/h1-3,5-6,13,15,17-18H,4,7-12,14H2,(H,23,24,27). The van der Waals surface area contributed by atoms with Gasteiger partial charge in [-0.1, -0.05) is 30.3 Å². The molecule has 1 amide bonds. The van der Waals surface area contributed by atoms with Crippen LogP contribution >= 0.6 is 0 Å². The zero-order valence-corrected chi connectivity index (χ0v) is 16.4. The van der Waals surface area contributed by atoms with Crippen LogP contribution in [-0.4, -0.2) is 52.7 Å². The summed E-state index contributed by atoms with van der Waals surface area (Å²) in [7, 11) is 0. The number of benzene rings is 1. The molecule has 2 saturated heterocycles. The molecule has 0 spiro atoms. The molecule has 0 radical (unpaired) electrons. The number of likely N-dealkylation sites (tertiary alicyclic amines) is 1. The van der Waals surface area contributed by atoms with Gasteiger partial charge in [-0.15, -0.1) is 0 Å². The van der Waals surface area contributed by atoms with Gasteiger partial charge in [-0.05, 0) is 25.7 Å². The lowest BCUT2D eigenvalue weighted by atomic mass is 9.88. The quantitative estimate of drug-likeness (QED) is 0.803. The molecule has 7 heteroatoms. The first-order chi connectivity index (χ1) is 14.1. The van der Waals surface area contributed by atoms with Gasteiger partial charge >= 0.3 is 0 Å². The molecule has 0 aliphatic carbocycles. The molecule has 1 N–H and O–H groups in total. The molecule has 1 aromatic carbocycles. The molecule has 0 bridgehead atoms. The number of rotatable bonds is 4.